The monoisotopic (exact) mass is 373 g/mol. The van der Waals surface area contributed by atoms with Gasteiger partial charge < -0.3 is 10.4 Å². The minimum Gasteiger partial charge on any atom is -0.478 e. The van der Waals surface area contributed by atoms with E-state index in [4.69, 9.17) is 16.7 Å². The third-order valence-corrected chi connectivity index (χ3v) is 3.83. The van der Waals surface area contributed by atoms with Gasteiger partial charge in [-0.25, -0.2) is 4.79 Å². The van der Waals surface area contributed by atoms with Gasteiger partial charge in [0.05, 0.1) is 29.5 Å². The van der Waals surface area contributed by atoms with E-state index < -0.39 is 5.97 Å². The Bertz CT molecular complexity index is 917. The number of nitrogens with zero attached hydrogens (tertiary/aromatic N) is 4. The number of aryl methyl sites for hydroxylation is 1. The number of anilines is 1. The summed E-state index contributed by atoms with van der Waals surface area (Å²) in [4.78, 5) is 22.8. The second kappa shape index (κ2) is 7.83. The van der Waals surface area contributed by atoms with E-state index in [9.17, 15) is 9.59 Å². The maximum absolute atomic E-state index is 12.0. The number of carbonyl (C=O) groups is 2. The van der Waals surface area contributed by atoms with Crippen LogP contribution in [0, 0.1) is 0 Å². The highest BCUT2D eigenvalue weighted by Gasteiger charge is 2.08. The predicted molar refractivity (Wildman–Crippen MR) is 95.2 cm³/mol. The Balaban J connectivity index is 1.49. The maximum atomic E-state index is 12.0. The number of rotatable bonds is 7. The van der Waals surface area contributed by atoms with Crippen LogP contribution in [0.5, 0.6) is 0 Å². The Morgan fingerprint density at radius 3 is 2.42 bits per heavy atom. The van der Waals surface area contributed by atoms with Crippen LogP contribution < -0.4 is 5.32 Å². The smallest absolute Gasteiger partial charge is 0.338 e. The summed E-state index contributed by atoms with van der Waals surface area (Å²) in [6, 6.07) is 7.43. The lowest BCUT2D eigenvalue weighted by Crippen LogP contribution is -2.14. The van der Waals surface area contributed by atoms with Crippen LogP contribution in [0.2, 0.25) is 5.02 Å². The van der Waals surface area contributed by atoms with Gasteiger partial charge in [-0.3, -0.25) is 14.2 Å². The molecule has 0 unspecified atom stereocenters. The van der Waals surface area contributed by atoms with Gasteiger partial charge >= 0.3 is 5.97 Å². The summed E-state index contributed by atoms with van der Waals surface area (Å²) in [5.74, 6) is -1.22. The average molecular weight is 374 g/mol. The van der Waals surface area contributed by atoms with Gasteiger partial charge in [-0.2, -0.15) is 10.2 Å². The van der Waals surface area contributed by atoms with Gasteiger partial charge in [-0.05, 0) is 17.7 Å². The molecule has 0 saturated carbocycles. The minimum atomic E-state index is -1.04. The van der Waals surface area contributed by atoms with Crippen molar-refractivity contribution >= 4 is 29.2 Å². The lowest BCUT2D eigenvalue weighted by molar-refractivity contribution is -0.116. The molecule has 1 amide bonds. The van der Waals surface area contributed by atoms with E-state index in [2.05, 4.69) is 15.5 Å². The first kappa shape index (κ1) is 17.7. The van der Waals surface area contributed by atoms with E-state index in [1.807, 2.05) is 24.3 Å². The summed E-state index contributed by atoms with van der Waals surface area (Å²) < 4.78 is 3.16. The third-order valence-electron chi connectivity index (χ3n) is 3.63. The van der Waals surface area contributed by atoms with Crippen molar-refractivity contribution in [3.63, 3.8) is 0 Å². The number of hydrogen-bond acceptors (Lipinski definition) is 4. The molecule has 0 fully saturated rings. The number of carboxylic acid groups (broad SMARTS) is 1. The first-order valence-corrected chi connectivity index (χ1v) is 8.20. The SMILES string of the molecule is O=C(CCn1cc(C(=O)O)cn1)Nc1ccc(Cn2cc(Cl)cn2)cc1. The van der Waals surface area contributed by atoms with E-state index in [0.29, 0.717) is 23.8 Å². The lowest BCUT2D eigenvalue weighted by Gasteiger charge is -2.07. The van der Waals surface area contributed by atoms with Crippen molar-refractivity contribution in [1.29, 1.82) is 0 Å². The van der Waals surface area contributed by atoms with Crippen LogP contribution >= 0.6 is 11.6 Å². The second-order valence-corrected chi connectivity index (χ2v) is 6.08. The van der Waals surface area contributed by atoms with Crippen molar-refractivity contribution in [1.82, 2.24) is 19.6 Å². The number of amides is 1. The first-order chi connectivity index (χ1) is 12.5. The number of halogens is 1. The molecule has 9 heteroatoms. The molecule has 1 aromatic carbocycles. The standard InChI is InChI=1S/C17H16ClN5O3/c18-14-8-20-23(11-14)9-12-1-3-15(4-2-12)21-16(24)5-6-22-10-13(7-19-22)17(25)26/h1-4,7-8,10-11H,5-6,9H2,(H,21,24)(H,25,26). The van der Waals surface area contributed by atoms with Crippen LogP contribution in [-0.2, 0) is 17.9 Å². The Labute approximate surface area is 154 Å². The maximum Gasteiger partial charge on any atom is 0.338 e. The van der Waals surface area contributed by atoms with Crippen LogP contribution in [0.25, 0.3) is 0 Å². The summed E-state index contributed by atoms with van der Waals surface area (Å²) in [5.41, 5.74) is 1.81. The van der Waals surface area contributed by atoms with Crippen LogP contribution in [0.3, 0.4) is 0 Å². The highest BCUT2D eigenvalue weighted by Crippen LogP contribution is 2.12. The van der Waals surface area contributed by atoms with Gasteiger partial charge in [0.15, 0.2) is 0 Å². The molecule has 26 heavy (non-hydrogen) atoms. The topological polar surface area (TPSA) is 102 Å². The molecule has 2 N–H and O–H groups in total. The van der Waals surface area contributed by atoms with E-state index in [-0.39, 0.29) is 17.9 Å². The zero-order chi connectivity index (χ0) is 18.5. The average Bonchev–Trinajstić information content (AvgIpc) is 3.24. The van der Waals surface area contributed by atoms with E-state index >= 15 is 0 Å². The molecular formula is C17H16ClN5O3. The van der Waals surface area contributed by atoms with E-state index in [0.717, 1.165) is 5.56 Å². The number of benzene rings is 1. The molecule has 0 saturated heterocycles. The number of nitrogens with one attached hydrogen (secondary N) is 1. The van der Waals surface area contributed by atoms with Gasteiger partial charge in [0.25, 0.3) is 0 Å². The van der Waals surface area contributed by atoms with Gasteiger partial charge in [-0.15, -0.1) is 0 Å². The zero-order valence-electron chi connectivity index (χ0n) is 13.7. The summed E-state index contributed by atoms with van der Waals surface area (Å²) in [5, 5.41) is 20.2. The molecule has 8 nitrogen and oxygen atoms in total. The van der Waals surface area contributed by atoms with Crippen molar-refractivity contribution < 1.29 is 14.7 Å². The normalized spacial score (nSPS) is 10.7. The molecule has 3 aromatic rings. The quantitative estimate of drug-likeness (QED) is 0.662. The fraction of sp³-hybridized carbons (Fsp3) is 0.176. The number of hydrogen-bond donors (Lipinski definition) is 2. The Hall–Kier alpha value is -3.13. The summed E-state index contributed by atoms with van der Waals surface area (Å²) in [7, 11) is 0. The molecule has 0 aliphatic heterocycles. The Kier molecular flexibility index (Phi) is 5.33. The van der Waals surface area contributed by atoms with Gasteiger partial charge in [0, 0.05) is 31.0 Å². The molecule has 0 bridgehead atoms. The van der Waals surface area contributed by atoms with Gasteiger partial charge in [-0.1, -0.05) is 23.7 Å². The molecule has 3 rings (SSSR count). The van der Waals surface area contributed by atoms with Crippen molar-refractivity contribution in [3.8, 4) is 0 Å². The Morgan fingerprint density at radius 1 is 1.08 bits per heavy atom. The molecule has 2 aromatic heterocycles. The van der Waals surface area contributed by atoms with Crippen LogP contribution in [0.4, 0.5) is 5.69 Å². The highest BCUT2D eigenvalue weighted by molar-refractivity contribution is 6.30. The van der Waals surface area contributed by atoms with Crippen molar-refractivity contribution in [2.45, 2.75) is 19.5 Å². The number of aromatic nitrogens is 4. The van der Waals surface area contributed by atoms with Crippen LogP contribution in [0.1, 0.15) is 22.3 Å². The van der Waals surface area contributed by atoms with Crippen molar-refractivity contribution in [2.75, 3.05) is 5.32 Å². The van der Waals surface area contributed by atoms with Crippen molar-refractivity contribution in [2.24, 2.45) is 0 Å². The molecule has 0 atom stereocenters. The minimum absolute atomic E-state index is 0.0967. The van der Waals surface area contributed by atoms with Gasteiger partial charge in [0.2, 0.25) is 5.91 Å². The van der Waals surface area contributed by atoms with E-state index in [1.54, 1.807) is 17.1 Å². The van der Waals surface area contributed by atoms with Crippen LogP contribution in [0.15, 0.2) is 49.1 Å². The fourth-order valence-electron chi connectivity index (χ4n) is 2.34. The van der Waals surface area contributed by atoms with Crippen molar-refractivity contribution in [3.05, 3.63) is 65.2 Å². The number of aromatic carboxylic acids is 1. The number of carbonyl (C=O) groups excluding carboxylic acids is 1. The third kappa shape index (κ3) is 4.70. The first-order valence-electron chi connectivity index (χ1n) is 7.82. The number of carboxylic acids is 1. The molecular weight excluding hydrogens is 358 g/mol. The summed E-state index contributed by atoms with van der Waals surface area (Å²) in [6.07, 6.45) is 6.16. The van der Waals surface area contributed by atoms with Gasteiger partial charge in [0.1, 0.15) is 0 Å². The molecule has 0 aliphatic carbocycles. The fourth-order valence-corrected chi connectivity index (χ4v) is 2.50. The highest BCUT2D eigenvalue weighted by atomic mass is 35.5. The Morgan fingerprint density at radius 2 is 1.81 bits per heavy atom. The molecule has 134 valence electrons. The van der Waals surface area contributed by atoms with E-state index in [1.165, 1.54) is 17.1 Å². The second-order valence-electron chi connectivity index (χ2n) is 5.65. The molecule has 2 heterocycles. The molecule has 0 aliphatic rings. The lowest BCUT2D eigenvalue weighted by atomic mass is 10.2. The largest absolute Gasteiger partial charge is 0.478 e. The zero-order valence-corrected chi connectivity index (χ0v) is 14.4. The molecule has 0 spiro atoms. The summed E-state index contributed by atoms with van der Waals surface area (Å²) in [6.45, 7) is 0.892. The summed E-state index contributed by atoms with van der Waals surface area (Å²) >= 11 is 5.83. The van der Waals surface area contributed by atoms with Crippen LogP contribution in [-0.4, -0.2) is 36.5 Å². The molecule has 0 radical (unpaired) electrons. The predicted octanol–water partition coefficient (Wildman–Crippen LogP) is 2.51.